The fraction of sp³-hybridized carbons (Fsp3) is 0.358. The molecule has 8 amide bonds. The average Bonchev–Trinajstić information content (AvgIpc) is 1.34. The zero-order valence-electron chi connectivity index (χ0n) is 48.7. The van der Waals surface area contributed by atoms with Crippen LogP contribution in [0.4, 0.5) is 0 Å². The molecule has 6 atom stereocenters. The van der Waals surface area contributed by atoms with Crippen LogP contribution < -0.4 is 105 Å². The maximum absolute atomic E-state index is 15.0. The molecule has 0 aliphatic rings. The Morgan fingerprint density at radius 3 is 1.33 bits per heavy atom. The third-order valence-corrected chi connectivity index (χ3v) is 13.7. The number of benzene rings is 2. The molecule has 0 radical (unpaired) electrons. The second kappa shape index (κ2) is 31.1. The van der Waals surface area contributed by atoms with Crippen molar-refractivity contribution in [2.75, 3.05) is 26.7 Å². The summed E-state index contributed by atoms with van der Waals surface area (Å²) in [7, 11) is 1.05. The van der Waals surface area contributed by atoms with Crippen LogP contribution in [0.3, 0.4) is 0 Å². The largest absolute Gasteiger partial charge is 0.370 e. The number of nitrogens with one attached hydrogen (secondary N) is 14. The Morgan fingerprint density at radius 1 is 0.495 bits per heavy atom. The number of hydrogen-bond donors (Lipinski definition) is 17. The smallest absolute Gasteiger partial charge is 0.328 e. The predicted molar refractivity (Wildman–Crippen MR) is 323 cm³/mol. The van der Waals surface area contributed by atoms with Crippen molar-refractivity contribution in [1.82, 2.24) is 85.6 Å². The summed E-state index contributed by atoms with van der Waals surface area (Å²) in [5, 5.41) is 33.8. The minimum atomic E-state index is -2.22. The summed E-state index contributed by atoms with van der Waals surface area (Å²) in [6.45, 7) is -3.53. The normalized spacial score (nSPS) is 13.0. The molecule has 6 rings (SSSR count). The molecule has 0 unspecified atom stereocenters. The summed E-state index contributed by atoms with van der Waals surface area (Å²) in [6.07, 6.45) is 1.92. The van der Waals surface area contributed by atoms with Crippen LogP contribution in [0.25, 0.3) is 21.8 Å². The maximum atomic E-state index is 15.0. The molecule has 6 aromatic rings. The van der Waals surface area contributed by atoms with Crippen molar-refractivity contribution in [1.29, 1.82) is 10.8 Å². The van der Waals surface area contributed by atoms with Crippen LogP contribution in [0.5, 0.6) is 0 Å². The Kier molecular flexibility index (Phi) is 23.2. The van der Waals surface area contributed by atoms with E-state index >= 15 is 4.79 Å². The number of likely N-dealkylation sites (N-methyl/N-ethyl adjacent to an activating group) is 1. The Hall–Kier alpha value is -12.0. The van der Waals surface area contributed by atoms with Gasteiger partial charge in [-0.05, 0) is 49.9 Å². The van der Waals surface area contributed by atoms with Gasteiger partial charge in [-0.25, -0.2) is 19.2 Å². The highest BCUT2D eigenvalue weighted by atomic mass is 16.2. The molecule has 38 heteroatoms. The number of primary amides is 1. The number of aromatic amines is 4. The third-order valence-electron chi connectivity index (χ3n) is 13.7. The number of guanidine groups is 2. The van der Waals surface area contributed by atoms with Gasteiger partial charge in [-0.3, -0.25) is 96.6 Å². The second-order valence-corrected chi connectivity index (χ2v) is 20.5. The van der Waals surface area contributed by atoms with Gasteiger partial charge in [-0.15, -0.1) is 0 Å². The van der Waals surface area contributed by atoms with Gasteiger partial charge in [-0.2, -0.15) is 0 Å². The van der Waals surface area contributed by atoms with Crippen LogP contribution >= 0.6 is 0 Å². The zero-order valence-corrected chi connectivity index (χ0v) is 48.7. The number of nitrogens with zero attached hydrogens (tertiary/aromatic N) is 5. The molecule has 2 aromatic carbocycles. The molecular formula is C53H66N22O16. The van der Waals surface area contributed by atoms with Gasteiger partial charge in [0, 0.05) is 51.6 Å². The number of hydrogen-bond acceptors (Lipinski definition) is 18. The number of rotatable bonds is 30. The average molecular weight is 1270 g/mol. The first-order valence-corrected chi connectivity index (χ1v) is 27.6. The number of aromatic nitrogens is 8. The van der Waals surface area contributed by atoms with E-state index in [0.717, 1.165) is 47.6 Å². The molecular weight excluding hydrogens is 1200 g/mol. The van der Waals surface area contributed by atoms with E-state index in [1.807, 2.05) is 9.97 Å². The van der Waals surface area contributed by atoms with Gasteiger partial charge in [-0.1, -0.05) is 24.3 Å². The van der Waals surface area contributed by atoms with Gasteiger partial charge in [0.1, 0.15) is 36.3 Å². The van der Waals surface area contributed by atoms with Crippen LogP contribution in [-0.4, -0.2) is 165 Å². The number of nitrogens with two attached hydrogens (primary N) is 3. The lowest BCUT2D eigenvalue weighted by atomic mass is 10.1. The molecule has 484 valence electrons. The SMILES string of the molecule is CC(=O)N[C@@H](CCCNC(=N)N)C(=O)N[C@H](Cn1ccc(=O)[nH]c1=O)C(=O)N(C)CC(=O)N[C@H](Cn1c(=O)[nH]c2ccccc2c1=O)C(=O)N[C@H](Cn1c(=O)[nH]c2ccccc2c1=O)C(=O)N[C@H](Cn1ccc(=O)[nH]c1=O)C(=O)N[C@@H](CCCNC(=N)N)C(N)=O. The molecule has 0 aliphatic carbocycles. The van der Waals surface area contributed by atoms with Crippen LogP contribution in [0.2, 0.25) is 0 Å². The van der Waals surface area contributed by atoms with E-state index < -0.39 is 167 Å². The van der Waals surface area contributed by atoms with Crippen LogP contribution in [0.15, 0.2) is 111 Å². The summed E-state index contributed by atoms with van der Waals surface area (Å²) in [6, 6.07) is 2.18. The standard InChI is InChI=1S/C53H66N22O16/c1-26(76)61-32(14-8-18-60-49(57)58)41(81)66-36(22-73-20-16-38(78)70-51(73)89)47(87)71(2)25-39(79)62-34(23-74-45(85)27-9-3-5-11-29(27)67-52(74)90)43(83)65-35(24-75-46(86)28-10-4-6-12-30(28)68-53(75)91)44(84)64-33(21-72-19-15-37(77)69-50(72)88)42(82)63-31(40(54)80)13-7-17-59-48(55)56/h3-6,9-12,15-16,19-20,31-36H,7-8,13-14,17-18,21-25H2,1-2H3,(H2,54,80)(H,61,76)(H,62,79)(H,63,82)(H,64,84)(H,65,83)(H,66,81)(H,67,90)(H,68,91)(H4,55,56,59)(H4,57,58,60)(H,69,77,88)(H,70,78,89)/t31-,32-,33+,34+,35+,36+/m0/s1. The second-order valence-electron chi connectivity index (χ2n) is 20.5. The van der Waals surface area contributed by atoms with E-state index in [1.165, 1.54) is 48.5 Å². The first kappa shape index (κ1) is 68.1. The molecule has 0 saturated carbocycles. The first-order chi connectivity index (χ1) is 43.1. The van der Waals surface area contributed by atoms with Crippen molar-refractivity contribution >= 4 is 81.0 Å². The molecule has 20 N–H and O–H groups in total. The van der Waals surface area contributed by atoms with Gasteiger partial charge in [0.2, 0.25) is 47.3 Å². The van der Waals surface area contributed by atoms with Gasteiger partial charge < -0.3 is 74.6 Å². The number of fused-ring (bicyclic) bond motifs is 2. The highest BCUT2D eigenvalue weighted by molar-refractivity contribution is 5.97. The highest BCUT2D eigenvalue weighted by Crippen LogP contribution is 2.08. The molecule has 0 saturated heterocycles. The summed E-state index contributed by atoms with van der Waals surface area (Å²) in [4.78, 5) is 227. The Bertz CT molecular complexity index is 4290. The predicted octanol–water partition coefficient (Wildman–Crippen LogP) is -9.11. The number of H-pyrrole nitrogens is 4. The third kappa shape index (κ3) is 19.0. The van der Waals surface area contributed by atoms with Crippen LogP contribution in [0, 0.1) is 10.8 Å². The van der Waals surface area contributed by atoms with Gasteiger partial charge in [0.25, 0.3) is 22.2 Å². The van der Waals surface area contributed by atoms with Gasteiger partial charge >= 0.3 is 22.8 Å². The number of amides is 8. The van der Waals surface area contributed by atoms with Crippen molar-refractivity contribution in [2.24, 2.45) is 17.2 Å². The lowest BCUT2D eigenvalue weighted by Crippen LogP contribution is -2.62. The van der Waals surface area contributed by atoms with Gasteiger partial charge in [0.05, 0.1) is 54.5 Å². The molecule has 0 spiro atoms. The molecule has 91 heavy (non-hydrogen) atoms. The fourth-order valence-electron chi connectivity index (χ4n) is 9.18. The quantitative estimate of drug-likeness (QED) is 0.0113. The highest BCUT2D eigenvalue weighted by Gasteiger charge is 2.35. The van der Waals surface area contributed by atoms with E-state index in [4.69, 9.17) is 28.0 Å². The Balaban J connectivity index is 1.39. The Labute approximate surface area is 509 Å². The lowest BCUT2D eigenvalue weighted by Gasteiger charge is -2.28. The molecule has 38 nitrogen and oxygen atoms in total. The maximum Gasteiger partial charge on any atom is 0.328 e. The van der Waals surface area contributed by atoms with E-state index in [0.29, 0.717) is 14.0 Å². The van der Waals surface area contributed by atoms with Crippen molar-refractivity contribution in [2.45, 2.75) is 95.0 Å². The molecule has 0 bridgehead atoms. The molecule has 4 heterocycles. The van der Waals surface area contributed by atoms with E-state index in [-0.39, 0.29) is 66.5 Å². The van der Waals surface area contributed by atoms with Crippen molar-refractivity contribution in [3.05, 3.63) is 156 Å². The van der Waals surface area contributed by atoms with Crippen molar-refractivity contribution in [3.63, 3.8) is 0 Å². The first-order valence-electron chi connectivity index (χ1n) is 27.6. The molecule has 0 fully saturated rings. The summed E-state index contributed by atoms with van der Waals surface area (Å²) in [5.74, 6) is -9.96. The summed E-state index contributed by atoms with van der Waals surface area (Å²) >= 11 is 0. The topological polar surface area (TPSA) is 581 Å². The number of para-hydroxylation sites is 2. The van der Waals surface area contributed by atoms with Crippen LogP contribution in [0.1, 0.15) is 32.6 Å². The summed E-state index contributed by atoms with van der Waals surface area (Å²) in [5.41, 5.74) is 8.27. The number of carbonyl (C=O) groups excluding carboxylic acids is 8. The zero-order chi connectivity index (χ0) is 66.8. The van der Waals surface area contributed by atoms with Gasteiger partial charge in [0.15, 0.2) is 11.9 Å². The minimum Gasteiger partial charge on any atom is -0.370 e. The lowest BCUT2D eigenvalue weighted by molar-refractivity contribution is -0.140. The minimum absolute atomic E-state index is 0.0346. The summed E-state index contributed by atoms with van der Waals surface area (Å²) < 4.78 is 2.58. The van der Waals surface area contributed by atoms with E-state index in [2.05, 4.69) is 52.5 Å². The van der Waals surface area contributed by atoms with Crippen molar-refractivity contribution < 1.29 is 38.4 Å². The van der Waals surface area contributed by atoms with Crippen molar-refractivity contribution in [3.8, 4) is 0 Å². The van der Waals surface area contributed by atoms with E-state index in [9.17, 15) is 71.9 Å². The van der Waals surface area contributed by atoms with E-state index in [1.54, 1.807) is 0 Å². The molecule has 4 aromatic heterocycles. The number of carbonyl (C=O) groups is 8. The fourth-order valence-corrected chi connectivity index (χ4v) is 9.18. The monoisotopic (exact) mass is 1270 g/mol. The van der Waals surface area contributed by atoms with Crippen LogP contribution in [-0.2, 0) is 64.5 Å². The molecule has 0 aliphatic heterocycles. The Morgan fingerprint density at radius 2 is 0.890 bits per heavy atom.